The van der Waals surface area contributed by atoms with E-state index in [1.807, 2.05) is 36.4 Å². The van der Waals surface area contributed by atoms with Crippen molar-refractivity contribution in [1.29, 1.82) is 0 Å². The van der Waals surface area contributed by atoms with Crippen LogP contribution in [0.25, 0.3) is 6.08 Å². The summed E-state index contributed by atoms with van der Waals surface area (Å²) in [7, 11) is -3.50. The van der Waals surface area contributed by atoms with Gasteiger partial charge in [0.05, 0.1) is 10.5 Å². The number of carbonyl (C=O) groups excluding carboxylic acids is 1. The zero-order valence-electron chi connectivity index (χ0n) is 13.6. The third-order valence-electron chi connectivity index (χ3n) is 3.72. The van der Waals surface area contributed by atoms with Crippen molar-refractivity contribution in [2.45, 2.75) is 23.8 Å². The van der Waals surface area contributed by atoms with Gasteiger partial charge < -0.3 is 4.74 Å². The van der Waals surface area contributed by atoms with Crippen LogP contribution in [0, 0.1) is 0 Å². The van der Waals surface area contributed by atoms with Crippen LogP contribution in [0.5, 0.6) is 0 Å². The van der Waals surface area contributed by atoms with E-state index in [9.17, 15) is 13.2 Å². The lowest BCUT2D eigenvalue weighted by Crippen LogP contribution is -2.25. The number of hydrogen-bond acceptors (Lipinski definition) is 4. The number of esters is 1. The Bertz CT molecular complexity index is 854. The zero-order chi connectivity index (χ0) is 17.7. The number of hydrogen-bond donors (Lipinski definition) is 1. The average Bonchev–Trinajstić information content (AvgIpc) is 3.43. The first-order valence-electron chi connectivity index (χ1n) is 8.06. The molecule has 2 aromatic carbocycles. The van der Waals surface area contributed by atoms with Crippen LogP contribution < -0.4 is 4.72 Å². The predicted octanol–water partition coefficient (Wildman–Crippen LogP) is 3.00. The molecule has 1 aliphatic rings. The first kappa shape index (κ1) is 17.4. The molecule has 0 heterocycles. The van der Waals surface area contributed by atoms with Crippen LogP contribution in [-0.2, 0) is 14.8 Å². The van der Waals surface area contributed by atoms with Crippen molar-refractivity contribution in [2.75, 3.05) is 6.61 Å². The topological polar surface area (TPSA) is 72.5 Å². The van der Waals surface area contributed by atoms with Gasteiger partial charge in [-0.15, -0.1) is 0 Å². The highest BCUT2D eigenvalue weighted by Gasteiger charge is 2.27. The van der Waals surface area contributed by atoms with Gasteiger partial charge in [0.15, 0.2) is 0 Å². The van der Waals surface area contributed by atoms with Crippen LogP contribution in [0.3, 0.4) is 0 Å². The summed E-state index contributed by atoms with van der Waals surface area (Å²) in [5.74, 6) is -0.489. The molecule has 0 atom stereocenters. The largest absolute Gasteiger partial charge is 0.458 e. The molecule has 1 fully saturated rings. The Hall–Kier alpha value is -2.44. The standard InChI is InChI=1S/C19H19NO4S/c21-19(24-14-4-7-15-5-2-1-3-6-15)16-8-12-18(13-9-16)25(22,23)20-17-10-11-17/h1-9,12-13,17,20H,10-11,14H2/b7-4+. The van der Waals surface area contributed by atoms with Crippen molar-refractivity contribution in [1.82, 2.24) is 4.72 Å². The predicted molar refractivity (Wildman–Crippen MR) is 95.5 cm³/mol. The van der Waals surface area contributed by atoms with E-state index in [1.165, 1.54) is 24.3 Å². The molecule has 0 aromatic heterocycles. The lowest BCUT2D eigenvalue weighted by Gasteiger charge is -2.06. The summed E-state index contributed by atoms with van der Waals surface area (Å²) in [6, 6.07) is 15.5. The molecular formula is C19H19NO4S. The lowest BCUT2D eigenvalue weighted by molar-refractivity contribution is 0.0550. The van der Waals surface area contributed by atoms with Gasteiger partial charge in [-0.25, -0.2) is 17.9 Å². The molecule has 0 amide bonds. The second-order valence-corrected chi connectivity index (χ2v) is 7.55. The number of rotatable bonds is 7. The molecule has 0 radical (unpaired) electrons. The number of sulfonamides is 1. The molecule has 1 saturated carbocycles. The van der Waals surface area contributed by atoms with Crippen molar-refractivity contribution in [3.63, 3.8) is 0 Å². The molecule has 0 unspecified atom stereocenters. The van der Waals surface area contributed by atoms with Crippen molar-refractivity contribution >= 4 is 22.1 Å². The highest BCUT2D eigenvalue weighted by Crippen LogP contribution is 2.22. The Morgan fingerprint density at radius 1 is 1.08 bits per heavy atom. The van der Waals surface area contributed by atoms with Crippen LogP contribution in [0.4, 0.5) is 0 Å². The third kappa shape index (κ3) is 5.01. The number of benzene rings is 2. The minimum Gasteiger partial charge on any atom is -0.458 e. The van der Waals surface area contributed by atoms with E-state index in [-0.39, 0.29) is 17.5 Å². The van der Waals surface area contributed by atoms with Crippen molar-refractivity contribution in [3.05, 3.63) is 71.8 Å². The van der Waals surface area contributed by atoms with E-state index in [1.54, 1.807) is 6.08 Å². The summed E-state index contributed by atoms with van der Waals surface area (Å²) in [4.78, 5) is 12.1. The van der Waals surface area contributed by atoms with Crippen LogP contribution >= 0.6 is 0 Å². The van der Waals surface area contributed by atoms with Crippen molar-refractivity contribution < 1.29 is 17.9 Å². The normalized spacial score (nSPS) is 14.6. The minimum atomic E-state index is -3.50. The fourth-order valence-corrected chi connectivity index (χ4v) is 3.52. The van der Waals surface area contributed by atoms with Crippen molar-refractivity contribution in [3.8, 4) is 0 Å². The second kappa shape index (κ2) is 7.63. The van der Waals surface area contributed by atoms with Gasteiger partial charge in [-0.05, 0) is 48.7 Å². The monoisotopic (exact) mass is 357 g/mol. The van der Waals surface area contributed by atoms with E-state index >= 15 is 0 Å². The van der Waals surface area contributed by atoms with Gasteiger partial charge in [0, 0.05) is 6.04 Å². The van der Waals surface area contributed by atoms with E-state index in [4.69, 9.17) is 4.74 Å². The Kier molecular flexibility index (Phi) is 5.31. The van der Waals surface area contributed by atoms with Crippen LogP contribution in [0.2, 0.25) is 0 Å². The van der Waals surface area contributed by atoms with Gasteiger partial charge in [0.1, 0.15) is 6.61 Å². The molecule has 6 heteroatoms. The first-order chi connectivity index (χ1) is 12.0. The SMILES string of the molecule is O=C(OC/C=C/c1ccccc1)c1ccc(S(=O)(=O)NC2CC2)cc1. The average molecular weight is 357 g/mol. The van der Waals surface area contributed by atoms with E-state index in [0.717, 1.165) is 18.4 Å². The van der Waals surface area contributed by atoms with E-state index < -0.39 is 16.0 Å². The Morgan fingerprint density at radius 3 is 2.40 bits per heavy atom. The lowest BCUT2D eigenvalue weighted by atomic mass is 10.2. The smallest absolute Gasteiger partial charge is 0.338 e. The molecule has 1 N–H and O–H groups in total. The highest BCUT2D eigenvalue weighted by molar-refractivity contribution is 7.89. The molecule has 0 saturated heterocycles. The molecule has 2 aromatic rings. The maximum Gasteiger partial charge on any atom is 0.338 e. The summed E-state index contributed by atoms with van der Waals surface area (Å²) in [5, 5.41) is 0. The Balaban J connectivity index is 1.54. The summed E-state index contributed by atoms with van der Waals surface area (Å²) in [5.41, 5.74) is 1.34. The van der Waals surface area contributed by atoms with Crippen LogP contribution in [0.15, 0.2) is 65.6 Å². The molecule has 0 spiro atoms. The zero-order valence-corrected chi connectivity index (χ0v) is 14.4. The Labute approximate surface area is 147 Å². The molecular weight excluding hydrogens is 338 g/mol. The molecule has 3 rings (SSSR count). The summed E-state index contributed by atoms with van der Waals surface area (Å²) in [6.07, 6.45) is 5.37. The number of carbonyl (C=O) groups is 1. The number of nitrogens with one attached hydrogen (secondary N) is 1. The molecule has 5 nitrogen and oxygen atoms in total. The fraction of sp³-hybridized carbons (Fsp3) is 0.211. The van der Waals surface area contributed by atoms with Gasteiger partial charge in [-0.2, -0.15) is 0 Å². The summed E-state index contributed by atoms with van der Waals surface area (Å²) < 4.78 is 31.9. The maximum atomic E-state index is 12.1. The molecule has 25 heavy (non-hydrogen) atoms. The van der Waals surface area contributed by atoms with Gasteiger partial charge in [0.2, 0.25) is 10.0 Å². The number of ether oxygens (including phenoxy) is 1. The van der Waals surface area contributed by atoms with Gasteiger partial charge >= 0.3 is 5.97 Å². The highest BCUT2D eigenvalue weighted by atomic mass is 32.2. The van der Waals surface area contributed by atoms with Crippen LogP contribution in [0.1, 0.15) is 28.8 Å². The van der Waals surface area contributed by atoms with E-state index in [2.05, 4.69) is 4.72 Å². The van der Waals surface area contributed by atoms with Crippen molar-refractivity contribution in [2.24, 2.45) is 0 Å². The van der Waals surface area contributed by atoms with Gasteiger partial charge in [-0.3, -0.25) is 0 Å². The summed E-state index contributed by atoms with van der Waals surface area (Å²) >= 11 is 0. The van der Waals surface area contributed by atoms with Crippen LogP contribution in [-0.4, -0.2) is 27.0 Å². The molecule has 0 bridgehead atoms. The van der Waals surface area contributed by atoms with E-state index in [0.29, 0.717) is 5.56 Å². The third-order valence-corrected chi connectivity index (χ3v) is 5.26. The second-order valence-electron chi connectivity index (χ2n) is 5.83. The maximum absolute atomic E-state index is 12.1. The Morgan fingerprint density at radius 2 is 1.76 bits per heavy atom. The van der Waals surface area contributed by atoms with Gasteiger partial charge in [0.25, 0.3) is 0 Å². The first-order valence-corrected chi connectivity index (χ1v) is 9.54. The quantitative estimate of drug-likeness (QED) is 0.773. The fourth-order valence-electron chi connectivity index (χ4n) is 2.21. The molecule has 1 aliphatic carbocycles. The van der Waals surface area contributed by atoms with Gasteiger partial charge in [-0.1, -0.05) is 36.4 Å². The summed E-state index contributed by atoms with van der Waals surface area (Å²) in [6.45, 7) is 0.150. The molecule has 0 aliphatic heterocycles. The minimum absolute atomic E-state index is 0.0473. The molecule has 130 valence electrons.